The number of hydrogen-bond acceptors (Lipinski definition) is 3. The van der Waals surface area contributed by atoms with Gasteiger partial charge in [0.2, 0.25) is 0 Å². The topological polar surface area (TPSA) is 29.5 Å². The summed E-state index contributed by atoms with van der Waals surface area (Å²) < 4.78 is 5.42. The second kappa shape index (κ2) is 6.96. The van der Waals surface area contributed by atoms with Gasteiger partial charge in [0.15, 0.2) is 0 Å². The number of ether oxygens (including phenoxy) is 1. The summed E-state index contributed by atoms with van der Waals surface area (Å²) in [5, 5.41) is 2.13. The van der Waals surface area contributed by atoms with Gasteiger partial charge < -0.3 is 9.64 Å². The Morgan fingerprint density at radius 1 is 1.12 bits per heavy atom. The second-order valence-corrected chi connectivity index (χ2v) is 7.56. The normalized spacial score (nSPS) is 16.2. The number of rotatable bonds is 3. The van der Waals surface area contributed by atoms with Crippen LogP contribution >= 0.6 is 11.3 Å². The van der Waals surface area contributed by atoms with Crippen LogP contribution in [-0.2, 0) is 6.42 Å². The molecule has 1 aromatic heterocycles. The third-order valence-corrected chi connectivity index (χ3v) is 5.95. The van der Waals surface area contributed by atoms with Crippen molar-refractivity contribution < 1.29 is 9.53 Å². The van der Waals surface area contributed by atoms with E-state index >= 15 is 0 Å². The fraction of sp³-hybridized carbons (Fsp3) is 0.227. The van der Waals surface area contributed by atoms with Crippen LogP contribution in [0.1, 0.15) is 38.0 Å². The highest BCUT2D eigenvalue weighted by molar-refractivity contribution is 7.10. The Hall–Kier alpha value is -2.59. The summed E-state index contributed by atoms with van der Waals surface area (Å²) in [5.74, 6) is 0.640. The first-order valence-corrected chi connectivity index (χ1v) is 9.64. The van der Waals surface area contributed by atoms with Crippen molar-refractivity contribution in [2.45, 2.75) is 19.4 Å². The quantitative estimate of drug-likeness (QED) is 0.665. The monoisotopic (exact) mass is 363 g/mol. The molecule has 3 nitrogen and oxygen atoms in total. The minimum absolute atomic E-state index is 0.0184. The zero-order valence-electron chi connectivity index (χ0n) is 14.9. The third kappa shape index (κ3) is 2.90. The highest BCUT2D eigenvalue weighted by atomic mass is 32.1. The van der Waals surface area contributed by atoms with Crippen LogP contribution in [-0.4, -0.2) is 24.5 Å². The first-order chi connectivity index (χ1) is 12.7. The van der Waals surface area contributed by atoms with Gasteiger partial charge in [-0.15, -0.1) is 11.3 Å². The number of methoxy groups -OCH3 is 1. The van der Waals surface area contributed by atoms with E-state index in [1.807, 2.05) is 29.2 Å². The van der Waals surface area contributed by atoms with Gasteiger partial charge in [-0.2, -0.15) is 0 Å². The predicted molar refractivity (Wildman–Crippen MR) is 105 cm³/mol. The van der Waals surface area contributed by atoms with E-state index in [1.165, 1.54) is 16.0 Å². The largest absolute Gasteiger partial charge is 0.496 e. The maximum atomic E-state index is 13.4. The molecule has 1 atom stereocenters. The molecule has 0 aliphatic carbocycles. The molecule has 0 spiro atoms. The van der Waals surface area contributed by atoms with Crippen molar-refractivity contribution >= 4 is 17.2 Å². The molecule has 3 aromatic rings. The van der Waals surface area contributed by atoms with Crippen molar-refractivity contribution in [1.82, 2.24) is 4.90 Å². The van der Waals surface area contributed by atoms with E-state index in [2.05, 4.69) is 42.6 Å². The molecule has 1 unspecified atom stereocenters. The van der Waals surface area contributed by atoms with Gasteiger partial charge in [0, 0.05) is 11.4 Å². The van der Waals surface area contributed by atoms with E-state index in [9.17, 15) is 4.79 Å². The number of fused-ring (bicyclic) bond motifs is 1. The van der Waals surface area contributed by atoms with E-state index in [0.717, 1.165) is 12.0 Å². The van der Waals surface area contributed by atoms with Crippen LogP contribution in [0.5, 0.6) is 5.75 Å². The maximum absolute atomic E-state index is 13.4. The van der Waals surface area contributed by atoms with Crippen LogP contribution in [0.15, 0.2) is 60.0 Å². The van der Waals surface area contributed by atoms with Crippen molar-refractivity contribution in [2.24, 2.45) is 0 Å². The molecule has 26 heavy (non-hydrogen) atoms. The lowest BCUT2D eigenvalue weighted by Crippen LogP contribution is -2.40. The number of thiophene rings is 1. The van der Waals surface area contributed by atoms with Crippen molar-refractivity contribution in [3.63, 3.8) is 0 Å². The summed E-state index contributed by atoms with van der Waals surface area (Å²) in [4.78, 5) is 16.8. The molecular formula is C22H21NO2S. The molecule has 0 bridgehead atoms. The Balaban J connectivity index is 1.79. The number of para-hydroxylation sites is 1. The van der Waals surface area contributed by atoms with Crippen LogP contribution in [0.25, 0.3) is 0 Å². The highest BCUT2D eigenvalue weighted by Gasteiger charge is 2.34. The molecule has 0 fully saturated rings. The number of aryl methyl sites for hydroxylation is 1. The summed E-state index contributed by atoms with van der Waals surface area (Å²) in [6, 6.07) is 18.1. The molecule has 1 aliphatic rings. The molecular weight excluding hydrogens is 342 g/mol. The summed E-state index contributed by atoms with van der Waals surface area (Å²) in [5.41, 5.74) is 4.23. The lowest BCUT2D eigenvalue weighted by molar-refractivity contribution is 0.0692. The van der Waals surface area contributed by atoms with Gasteiger partial charge in [-0.05, 0) is 48.1 Å². The number of nitrogens with zero attached hydrogens (tertiary/aromatic N) is 1. The fourth-order valence-electron chi connectivity index (χ4n) is 3.62. The van der Waals surface area contributed by atoms with Crippen LogP contribution in [0, 0.1) is 6.92 Å². The molecule has 1 aliphatic heterocycles. The molecule has 4 rings (SSSR count). The summed E-state index contributed by atoms with van der Waals surface area (Å²) >= 11 is 1.78. The number of carbonyl (C=O) groups is 1. The number of amides is 1. The summed E-state index contributed by atoms with van der Waals surface area (Å²) in [6.07, 6.45) is 0.899. The lowest BCUT2D eigenvalue weighted by atomic mass is 9.92. The van der Waals surface area contributed by atoms with Crippen LogP contribution in [0.2, 0.25) is 0 Å². The maximum Gasteiger partial charge on any atom is 0.258 e. The Bertz CT molecular complexity index is 929. The molecule has 2 heterocycles. The number of hydrogen-bond donors (Lipinski definition) is 0. The SMILES string of the molecule is COc1ccccc1C(=O)N1CCc2sccc2C1c1ccc(C)cc1. The van der Waals surface area contributed by atoms with E-state index in [-0.39, 0.29) is 11.9 Å². The van der Waals surface area contributed by atoms with E-state index in [4.69, 9.17) is 4.74 Å². The molecule has 2 aromatic carbocycles. The molecule has 0 N–H and O–H groups in total. The highest BCUT2D eigenvalue weighted by Crippen LogP contribution is 2.39. The smallest absolute Gasteiger partial charge is 0.258 e. The number of benzene rings is 2. The Morgan fingerprint density at radius 3 is 2.65 bits per heavy atom. The van der Waals surface area contributed by atoms with Crippen molar-refractivity contribution in [2.75, 3.05) is 13.7 Å². The van der Waals surface area contributed by atoms with Crippen molar-refractivity contribution in [1.29, 1.82) is 0 Å². The minimum Gasteiger partial charge on any atom is -0.496 e. The fourth-order valence-corrected chi connectivity index (χ4v) is 4.52. The first-order valence-electron chi connectivity index (χ1n) is 8.76. The average Bonchev–Trinajstić information content (AvgIpc) is 3.16. The standard InChI is InChI=1S/C22H21NO2S/c1-15-7-9-16(10-8-15)21-18-12-14-26-20(18)11-13-23(21)22(24)17-5-3-4-6-19(17)25-2/h3-10,12,14,21H,11,13H2,1-2H3. The van der Waals surface area contributed by atoms with Gasteiger partial charge in [-0.25, -0.2) is 0 Å². The zero-order chi connectivity index (χ0) is 18.1. The van der Waals surface area contributed by atoms with Crippen molar-refractivity contribution in [3.05, 3.63) is 87.1 Å². The molecule has 1 amide bonds. The predicted octanol–water partition coefficient (Wildman–Crippen LogP) is 4.85. The number of carbonyl (C=O) groups excluding carboxylic acids is 1. The summed E-state index contributed by atoms with van der Waals surface area (Å²) in [6.45, 7) is 2.79. The first kappa shape index (κ1) is 16.9. The molecule has 132 valence electrons. The van der Waals surface area contributed by atoms with Gasteiger partial charge in [-0.3, -0.25) is 4.79 Å². The van der Waals surface area contributed by atoms with Crippen LogP contribution in [0.3, 0.4) is 0 Å². The Morgan fingerprint density at radius 2 is 1.88 bits per heavy atom. The average molecular weight is 363 g/mol. The second-order valence-electron chi connectivity index (χ2n) is 6.56. The minimum atomic E-state index is -0.0528. The lowest BCUT2D eigenvalue weighted by Gasteiger charge is -2.36. The van der Waals surface area contributed by atoms with Gasteiger partial charge in [0.25, 0.3) is 5.91 Å². The van der Waals surface area contributed by atoms with E-state index in [0.29, 0.717) is 17.9 Å². The van der Waals surface area contributed by atoms with Crippen molar-refractivity contribution in [3.8, 4) is 5.75 Å². The third-order valence-electron chi connectivity index (χ3n) is 4.96. The van der Waals surface area contributed by atoms with Gasteiger partial charge in [0.05, 0.1) is 18.7 Å². The molecule has 0 radical (unpaired) electrons. The molecule has 0 saturated heterocycles. The van der Waals surface area contributed by atoms with Crippen LogP contribution < -0.4 is 4.74 Å². The van der Waals surface area contributed by atoms with Gasteiger partial charge in [0.1, 0.15) is 5.75 Å². The molecule has 0 saturated carbocycles. The van der Waals surface area contributed by atoms with E-state index in [1.54, 1.807) is 18.4 Å². The molecule has 4 heteroatoms. The summed E-state index contributed by atoms with van der Waals surface area (Å²) in [7, 11) is 1.61. The van der Waals surface area contributed by atoms with Crippen LogP contribution in [0.4, 0.5) is 0 Å². The van der Waals surface area contributed by atoms with E-state index < -0.39 is 0 Å². The van der Waals surface area contributed by atoms with Gasteiger partial charge in [-0.1, -0.05) is 42.0 Å². The Labute approximate surface area is 157 Å². The zero-order valence-corrected chi connectivity index (χ0v) is 15.8. The Kier molecular flexibility index (Phi) is 4.51. The van der Waals surface area contributed by atoms with Gasteiger partial charge >= 0.3 is 0 Å².